The van der Waals surface area contributed by atoms with Crippen molar-refractivity contribution in [2.45, 2.75) is 33.3 Å². The average molecular weight is 417 g/mol. The molecule has 0 radical (unpaired) electrons. The quantitative estimate of drug-likeness (QED) is 0.526. The molecular formula is C23H29FNO3P. The van der Waals surface area contributed by atoms with Crippen molar-refractivity contribution in [1.29, 1.82) is 0 Å². The molecule has 1 aliphatic rings. The molecule has 1 N–H and O–H groups in total. The Kier molecular flexibility index (Phi) is 7.02. The number of esters is 1. The third-order valence-corrected chi connectivity index (χ3v) is 10.7. The molecule has 0 aromatic heterocycles. The molecule has 1 heterocycles. The Morgan fingerprint density at radius 2 is 1.66 bits per heavy atom. The fourth-order valence-corrected chi connectivity index (χ4v) is 8.83. The van der Waals surface area contributed by atoms with Crippen LogP contribution < -0.4 is 5.32 Å². The van der Waals surface area contributed by atoms with Crippen LogP contribution >= 0.6 is 7.26 Å². The van der Waals surface area contributed by atoms with E-state index in [1.54, 1.807) is 13.8 Å². The van der Waals surface area contributed by atoms with E-state index in [9.17, 15) is 14.0 Å². The molecule has 3 rings (SSSR count). The van der Waals surface area contributed by atoms with E-state index >= 15 is 0 Å². The Hall–Kier alpha value is -2.26. The molecule has 1 amide bonds. The van der Waals surface area contributed by atoms with Crippen molar-refractivity contribution < 1.29 is 18.7 Å². The Bertz CT molecular complexity index is 856. The van der Waals surface area contributed by atoms with Gasteiger partial charge in [-0.1, -0.05) is 0 Å². The van der Waals surface area contributed by atoms with Gasteiger partial charge in [0.1, 0.15) is 0 Å². The van der Waals surface area contributed by atoms with E-state index in [2.05, 4.69) is 5.32 Å². The van der Waals surface area contributed by atoms with E-state index in [0.29, 0.717) is 29.1 Å². The SMILES string of the molecule is Cc1cc(F)cc(C)c1NC(=O)C[PH]1(CC(=O)OCc2ccccc2)CCCC1. The second-order valence-electron chi connectivity index (χ2n) is 8.17. The van der Waals surface area contributed by atoms with E-state index in [-0.39, 0.29) is 24.3 Å². The second kappa shape index (κ2) is 9.49. The summed E-state index contributed by atoms with van der Waals surface area (Å²) in [6, 6.07) is 12.5. The molecule has 2 aromatic rings. The number of benzene rings is 2. The summed E-state index contributed by atoms with van der Waals surface area (Å²) < 4.78 is 19.0. The Labute approximate surface area is 172 Å². The first-order chi connectivity index (χ1) is 13.9. The maximum atomic E-state index is 13.5. The van der Waals surface area contributed by atoms with Crippen molar-refractivity contribution in [3.05, 3.63) is 65.0 Å². The molecule has 2 aromatic carbocycles. The van der Waals surface area contributed by atoms with E-state index in [1.807, 2.05) is 30.3 Å². The molecule has 0 saturated carbocycles. The summed E-state index contributed by atoms with van der Waals surface area (Å²) in [6.07, 6.45) is 4.88. The number of hydrogen-bond donors (Lipinski definition) is 1. The zero-order valence-electron chi connectivity index (χ0n) is 17.1. The van der Waals surface area contributed by atoms with Crippen LogP contribution in [0.2, 0.25) is 0 Å². The van der Waals surface area contributed by atoms with Crippen LogP contribution in [0.4, 0.5) is 10.1 Å². The van der Waals surface area contributed by atoms with E-state index < -0.39 is 7.26 Å². The van der Waals surface area contributed by atoms with Crippen LogP contribution in [-0.2, 0) is 20.9 Å². The number of carbonyl (C=O) groups is 2. The molecule has 0 atom stereocenters. The van der Waals surface area contributed by atoms with Gasteiger partial charge >= 0.3 is 172 Å². The van der Waals surface area contributed by atoms with Crippen molar-refractivity contribution in [2.24, 2.45) is 0 Å². The Balaban J connectivity index is 1.61. The molecule has 29 heavy (non-hydrogen) atoms. The average Bonchev–Trinajstić information content (AvgIpc) is 3.11. The summed E-state index contributed by atoms with van der Waals surface area (Å²) in [5.74, 6) is -0.586. The summed E-state index contributed by atoms with van der Waals surface area (Å²) in [7, 11) is -2.06. The number of hydrogen-bond acceptors (Lipinski definition) is 3. The van der Waals surface area contributed by atoms with Gasteiger partial charge in [-0.05, 0) is 0 Å². The molecule has 1 fully saturated rings. The first-order valence-electron chi connectivity index (χ1n) is 10.1. The third kappa shape index (κ3) is 5.86. The van der Waals surface area contributed by atoms with Crippen LogP contribution in [0.1, 0.15) is 29.5 Å². The molecule has 6 heteroatoms. The number of amides is 1. The van der Waals surface area contributed by atoms with Gasteiger partial charge in [0, 0.05) is 0 Å². The normalized spacial score (nSPS) is 16.2. The number of rotatable bonds is 7. The van der Waals surface area contributed by atoms with Gasteiger partial charge in [-0.15, -0.1) is 0 Å². The van der Waals surface area contributed by atoms with Gasteiger partial charge in [0.25, 0.3) is 0 Å². The molecule has 0 aliphatic carbocycles. The second-order valence-corrected chi connectivity index (χ2v) is 12.9. The van der Waals surface area contributed by atoms with Gasteiger partial charge in [-0.25, -0.2) is 0 Å². The standard InChI is InChI=1S/C23H29FNO3P/c1-17-12-20(24)13-18(2)23(17)25-21(26)15-29(10-6-7-11-29)16-22(27)28-14-19-8-4-3-5-9-19/h3-5,8-9,12-13,29H,6-7,10-11,14-16H2,1-2H3,(H,25,26). The van der Waals surface area contributed by atoms with Crippen LogP contribution in [0, 0.1) is 19.7 Å². The van der Waals surface area contributed by atoms with Crippen molar-refractivity contribution >= 4 is 24.8 Å². The van der Waals surface area contributed by atoms with Gasteiger partial charge in [-0.2, -0.15) is 0 Å². The first-order valence-corrected chi connectivity index (χ1v) is 13.0. The molecule has 4 nitrogen and oxygen atoms in total. The zero-order valence-corrected chi connectivity index (χ0v) is 18.1. The van der Waals surface area contributed by atoms with Crippen LogP contribution in [0.3, 0.4) is 0 Å². The predicted octanol–water partition coefficient (Wildman–Crippen LogP) is 4.67. The number of ether oxygens (including phenoxy) is 1. The van der Waals surface area contributed by atoms with Crippen molar-refractivity contribution in [2.75, 3.05) is 30.0 Å². The van der Waals surface area contributed by atoms with Gasteiger partial charge < -0.3 is 0 Å². The Morgan fingerprint density at radius 1 is 1.03 bits per heavy atom. The van der Waals surface area contributed by atoms with E-state index in [0.717, 1.165) is 30.7 Å². The summed E-state index contributed by atoms with van der Waals surface area (Å²) >= 11 is 0. The van der Waals surface area contributed by atoms with E-state index in [4.69, 9.17) is 4.74 Å². The van der Waals surface area contributed by atoms with Gasteiger partial charge in [0.2, 0.25) is 0 Å². The van der Waals surface area contributed by atoms with Crippen molar-refractivity contribution in [3.63, 3.8) is 0 Å². The summed E-state index contributed by atoms with van der Waals surface area (Å²) in [4.78, 5) is 25.3. The number of nitrogens with one attached hydrogen (secondary N) is 1. The summed E-state index contributed by atoms with van der Waals surface area (Å²) in [6.45, 7) is 3.84. The first kappa shape index (κ1) is 21.4. The molecule has 0 spiro atoms. The van der Waals surface area contributed by atoms with Crippen LogP contribution in [-0.4, -0.2) is 36.5 Å². The van der Waals surface area contributed by atoms with Crippen molar-refractivity contribution in [1.82, 2.24) is 0 Å². The van der Waals surface area contributed by atoms with Gasteiger partial charge in [-0.3, -0.25) is 0 Å². The fourth-order valence-electron chi connectivity index (χ4n) is 4.27. The van der Waals surface area contributed by atoms with Crippen LogP contribution in [0.25, 0.3) is 0 Å². The number of aryl methyl sites for hydroxylation is 2. The van der Waals surface area contributed by atoms with Crippen molar-refractivity contribution in [3.8, 4) is 0 Å². The van der Waals surface area contributed by atoms with Gasteiger partial charge in [0.05, 0.1) is 0 Å². The van der Waals surface area contributed by atoms with Crippen LogP contribution in [0.15, 0.2) is 42.5 Å². The van der Waals surface area contributed by atoms with E-state index in [1.165, 1.54) is 12.1 Å². The monoisotopic (exact) mass is 417 g/mol. The molecule has 1 saturated heterocycles. The maximum absolute atomic E-state index is 13.5. The fraction of sp³-hybridized carbons (Fsp3) is 0.391. The molecule has 1 aliphatic heterocycles. The zero-order chi connectivity index (χ0) is 20.9. The number of carbonyl (C=O) groups excluding carboxylic acids is 2. The third-order valence-electron chi connectivity index (χ3n) is 5.72. The van der Waals surface area contributed by atoms with Crippen LogP contribution in [0.5, 0.6) is 0 Å². The number of halogens is 1. The molecular weight excluding hydrogens is 388 g/mol. The molecule has 0 unspecified atom stereocenters. The number of anilines is 1. The van der Waals surface area contributed by atoms with Gasteiger partial charge in [0.15, 0.2) is 0 Å². The summed E-state index contributed by atoms with van der Waals surface area (Å²) in [5, 5.41) is 2.97. The minimum atomic E-state index is -2.06. The molecule has 156 valence electrons. The topological polar surface area (TPSA) is 55.4 Å². The summed E-state index contributed by atoms with van der Waals surface area (Å²) in [5.41, 5.74) is 3.05. The Morgan fingerprint density at radius 3 is 2.28 bits per heavy atom. The predicted molar refractivity (Wildman–Crippen MR) is 118 cm³/mol. The molecule has 0 bridgehead atoms. The minimum absolute atomic E-state index is 0.0766.